The lowest BCUT2D eigenvalue weighted by Crippen LogP contribution is -2.72. The van der Waals surface area contributed by atoms with Crippen LogP contribution in [0.5, 0.6) is 0 Å². The summed E-state index contributed by atoms with van der Waals surface area (Å²) in [4.78, 5) is 25.3. The third-order valence-electron chi connectivity index (χ3n) is 3.70. The number of alkyl halides is 2. The molecule has 1 aromatic rings. The Morgan fingerprint density at radius 1 is 1.56 bits per heavy atom. The Labute approximate surface area is 149 Å². The number of rotatable bonds is 7. The van der Waals surface area contributed by atoms with Crippen LogP contribution in [0, 0.1) is 0 Å². The van der Waals surface area contributed by atoms with Crippen LogP contribution in [0.2, 0.25) is 0 Å². The molecule has 3 heterocycles. The van der Waals surface area contributed by atoms with Gasteiger partial charge in [-0.2, -0.15) is 14.0 Å². The van der Waals surface area contributed by atoms with E-state index in [4.69, 9.17) is 4.74 Å². The van der Waals surface area contributed by atoms with Crippen molar-refractivity contribution >= 4 is 35.3 Å². The van der Waals surface area contributed by atoms with E-state index in [1.807, 2.05) is 0 Å². The molecular formula is C12H14F2N6O3S2. The van der Waals surface area contributed by atoms with Crippen molar-refractivity contribution in [1.82, 2.24) is 30.8 Å². The number of carbonyl (C=O) groups excluding carboxylic acids is 2. The van der Waals surface area contributed by atoms with E-state index in [1.165, 1.54) is 16.7 Å². The molecule has 0 aromatic carbocycles. The van der Waals surface area contributed by atoms with Gasteiger partial charge in [-0.1, -0.05) is 23.5 Å². The summed E-state index contributed by atoms with van der Waals surface area (Å²) in [7, 11) is 0. The van der Waals surface area contributed by atoms with Crippen LogP contribution in [0.4, 0.5) is 8.78 Å². The minimum atomic E-state index is -2.63. The largest absolute Gasteiger partial charge is 0.351 e. The maximum absolute atomic E-state index is 12.3. The molecule has 1 aromatic heterocycles. The Balaban J connectivity index is 1.56. The number of hydrogen-bond acceptors (Lipinski definition) is 8. The maximum Gasteiger partial charge on any atom is 0.285 e. The summed E-state index contributed by atoms with van der Waals surface area (Å²) in [6.45, 7) is 2.09. The number of hydrogen-bond donors (Lipinski definition) is 2. The lowest BCUT2D eigenvalue weighted by molar-refractivity contribution is -0.181. The van der Waals surface area contributed by atoms with Crippen LogP contribution < -0.4 is 5.32 Å². The predicted molar refractivity (Wildman–Crippen MR) is 84.6 cm³/mol. The van der Waals surface area contributed by atoms with Gasteiger partial charge in [0.05, 0.1) is 12.4 Å². The molecule has 2 atom stereocenters. The molecule has 3 rings (SSSR count). The minimum absolute atomic E-state index is 0.210. The molecule has 136 valence electrons. The number of β-lactam (4-membered cyclic amide) rings is 1. The van der Waals surface area contributed by atoms with Crippen LogP contribution in [0.15, 0.2) is 16.4 Å². The van der Waals surface area contributed by atoms with Gasteiger partial charge >= 0.3 is 0 Å². The first-order chi connectivity index (χ1) is 12.0. The van der Waals surface area contributed by atoms with Gasteiger partial charge in [-0.05, 0) is 17.7 Å². The SMILES string of the molecule is CC1=C(CSc2nn[nH]n2)COC2C(NC(=O)CSC(F)F)C(=O)N12. The molecule has 2 unspecified atom stereocenters. The van der Waals surface area contributed by atoms with Gasteiger partial charge in [-0.3, -0.25) is 14.5 Å². The summed E-state index contributed by atoms with van der Waals surface area (Å²) in [5.41, 5.74) is 1.65. The number of nitrogens with zero attached hydrogens (tertiary/aromatic N) is 4. The van der Waals surface area contributed by atoms with Crippen LogP contribution in [-0.2, 0) is 14.3 Å². The molecule has 2 N–H and O–H groups in total. The number of allylic oxidation sites excluding steroid dienone is 1. The predicted octanol–water partition coefficient (Wildman–Crippen LogP) is 0.205. The zero-order valence-corrected chi connectivity index (χ0v) is 14.6. The fourth-order valence-corrected chi connectivity index (χ4v) is 3.61. The highest BCUT2D eigenvalue weighted by atomic mass is 32.2. The van der Waals surface area contributed by atoms with Gasteiger partial charge in [0.15, 0.2) is 12.3 Å². The maximum atomic E-state index is 12.3. The number of nitrogens with one attached hydrogen (secondary N) is 2. The Hall–Kier alpha value is -1.73. The average molecular weight is 392 g/mol. The highest BCUT2D eigenvalue weighted by molar-refractivity contribution is 8.00. The molecule has 0 spiro atoms. The molecule has 1 saturated heterocycles. The van der Waals surface area contributed by atoms with Crippen molar-refractivity contribution < 1.29 is 23.1 Å². The normalized spacial score (nSPS) is 22.9. The molecule has 2 aliphatic heterocycles. The number of carbonyl (C=O) groups is 2. The van der Waals surface area contributed by atoms with E-state index in [0.717, 1.165) is 11.3 Å². The standard InChI is InChI=1S/C12H14F2N6O3S2/c1-5-6(3-25-12-16-18-19-17-12)2-23-10-8(9(22)20(5)10)15-7(21)4-24-11(13)14/h8,10-11H,2-4H2,1H3,(H,15,21)(H,16,17,18,19). The zero-order chi connectivity index (χ0) is 18.0. The van der Waals surface area contributed by atoms with E-state index in [2.05, 4.69) is 25.9 Å². The summed E-state index contributed by atoms with van der Waals surface area (Å²) < 4.78 is 29.8. The first-order valence-corrected chi connectivity index (χ1v) is 9.19. The summed E-state index contributed by atoms with van der Waals surface area (Å²) >= 11 is 1.56. The summed E-state index contributed by atoms with van der Waals surface area (Å²) in [6.07, 6.45) is -0.605. The second-order valence-electron chi connectivity index (χ2n) is 5.20. The van der Waals surface area contributed by atoms with Crippen LogP contribution in [0.1, 0.15) is 6.92 Å². The zero-order valence-electron chi connectivity index (χ0n) is 12.9. The van der Waals surface area contributed by atoms with E-state index >= 15 is 0 Å². The van der Waals surface area contributed by atoms with Crippen LogP contribution in [0.25, 0.3) is 0 Å². The van der Waals surface area contributed by atoms with Gasteiger partial charge < -0.3 is 10.1 Å². The van der Waals surface area contributed by atoms with E-state index < -0.39 is 29.7 Å². The fraction of sp³-hybridized carbons (Fsp3) is 0.583. The third-order valence-corrected chi connectivity index (χ3v) is 5.31. The van der Waals surface area contributed by atoms with E-state index in [1.54, 1.807) is 6.92 Å². The van der Waals surface area contributed by atoms with E-state index in [-0.39, 0.29) is 17.7 Å². The highest BCUT2D eigenvalue weighted by Crippen LogP contribution is 2.34. The molecule has 13 heteroatoms. The van der Waals surface area contributed by atoms with E-state index in [9.17, 15) is 18.4 Å². The van der Waals surface area contributed by atoms with Gasteiger partial charge in [-0.25, -0.2) is 0 Å². The second-order valence-corrected chi connectivity index (χ2v) is 7.12. The summed E-state index contributed by atoms with van der Waals surface area (Å²) in [5, 5.41) is 16.4. The Bertz CT molecular complexity index is 686. The average Bonchev–Trinajstić information content (AvgIpc) is 3.09. The Kier molecular flexibility index (Phi) is 5.54. The van der Waals surface area contributed by atoms with E-state index in [0.29, 0.717) is 17.5 Å². The van der Waals surface area contributed by atoms with Crippen molar-refractivity contribution in [3.8, 4) is 0 Å². The van der Waals surface area contributed by atoms with Crippen molar-refractivity contribution in [1.29, 1.82) is 0 Å². The van der Waals surface area contributed by atoms with Gasteiger partial charge in [0, 0.05) is 11.4 Å². The smallest absolute Gasteiger partial charge is 0.285 e. The van der Waals surface area contributed by atoms with Crippen molar-refractivity contribution in [3.63, 3.8) is 0 Å². The Morgan fingerprint density at radius 2 is 2.36 bits per heavy atom. The number of aromatic nitrogens is 4. The summed E-state index contributed by atoms with van der Waals surface area (Å²) in [5.74, 6) is -3.44. The Morgan fingerprint density at radius 3 is 3.04 bits per heavy atom. The van der Waals surface area contributed by atoms with Gasteiger partial charge in [-0.15, -0.1) is 10.2 Å². The number of aromatic amines is 1. The summed E-state index contributed by atoms with van der Waals surface area (Å²) in [6, 6.07) is -0.841. The van der Waals surface area contributed by atoms with Gasteiger partial charge in [0.2, 0.25) is 11.1 Å². The van der Waals surface area contributed by atoms with Gasteiger partial charge in [0.25, 0.3) is 11.7 Å². The highest BCUT2D eigenvalue weighted by Gasteiger charge is 2.52. The molecule has 2 amide bonds. The molecule has 0 bridgehead atoms. The molecule has 25 heavy (non-hydrogen) atoms. The molecule has 9 nitrogen and oxygen atoms in total. The second kappa shape index (κ2) is 7.66. The quantitative estimate of drug-likeness (QED) is 0.500. The van der Waals surface area contributed by atoms with Crippen LogP contribution >= 0.6 is 23.5 Å². The van der Waals surface area contributed by atoms with Crippen molar-refractivity contribution in [2.24, 2.45) is 0 Å². The lowest BCUT2D eigenvalue weighted by Gasteiger charge is -2.50. The number of amides is 2. The molecule has 0 saturated carbocycles. The molecular weight excluding hydrogens is 378 g/mol. The fourth-order valence-electron chi connectivity index (χ4n) is 2.45. The van der Waals surface area contributed by atoms with Crippen molar-refractivity contribution in [2.45, 2.75) is 30.1 Å². The molecule has 0 aliphatic carbocycles. The number of fused-ring (bicyclic) bond motifs is 1. The number of halogens is 2. The van der Waals surface area contributed by atoms with Crippen LogP contribution in [0.3, 0.4) is 0 Å². The number of thioether (sulfide) groups is 2. The van der Waals surface area contributed by atoms with Crippen LogP contribution in [-0.4, -0.2) is 73.5 Å². The number of H-pyrrole nitrogens is 1. The lowest BCUT2D eigenvalue weighted by atomic mass is 10.00. The van der Waals surface area contributed by atoms with Crippen molar-refractivity contribution in [3.05, 3.63) is 11.3 Å². The monoisotopic (exact) mass is 392 g/mol. The third kappa shape index (κ3) is 3.93. The molecule has 1 fully saturated rings. The number of tetrazole rings is 1. The van der Waals surface area contributed by atoms with Crippen molar-refractivity contribution in [2.75, 3.05) is 18.1 Å². The minimum Gasteiger partial charge on any atom is -0.351 e. The first kappa shape index (κ1) is 18.1. The first-order valence-electron chi connectivity index (χ1n) is 7.16. The number of ether oxygens (including phenoxy) is 1. The molecule has 2 aliphatic rings. The molecule has 0 radical (unpaired) electrons. The van der Waals surface area contributed by atoms with Gasteiger partial charge in [0.1, 0.15) is 0 Å². The topological polar surface area (TPSA) is 113 Å².